The molecule has 7 nitrogen and oxygen atoms in total. The number of hydrogen-bond acceptors (Lipinski definition) is 7. The molecule has 0 aromatic heterocycles. The number of allylic oxidation sites excluding steroid dienone is 3. The van der Waals surface area contributed by atoms with Crippen LogP contribution in [0.1, 0.15) is 52.5 Å². The number of hydrogen-bond donors (Lipinski definition) is 1. The summed E-state index contributed by atoms with van der Waals surface area (Å²) in [7, 11) is 1.28. The third-order valence-corrected chi connectivity index (χ3v) is 5.84. The van der Waals surface area contributed by atoms with Crippen LogP contribution in [0.5, 0.6) is 5.75 Å². The second kappa shape index (κ2) is 9.59. The normalized spacial score (nSPS) is 23.0. The molecule has 0 saturated carbocycles. The first-order valence-electron chi connectivity index (χ1n) is 11.0. The summed E-state index contributed by atoms with van der Waals surface area (Å²) in [4.78, 5) is 39.4. The van der Waals surface area contributed by atoms with Crippen LogP contribution in [0.15, 0.2) is 46.8 Å². The fraction of sp³-hybridized carbons (Fsp3) is 0.480. The van der Waals surface area contributed by atoms with Crippen LogP contribution in [0.3, 0.4) is 0 Å². The van der Waals surface area contributed by atoms with Crippen molar-refractivity contribution in [3.05, 3.63) is 52.4 Å². The summed E-state index contributed by atoms with van der Waals surface area (Å²) in [5.74, 6) is -2.71. The van der Waals surface area contributed by atoms with E-state index in [0.29, 0.717) is 41.2 Å². The van der Waals surface area contributed by atoms with Crippen molar-refractivity contribution in [2.45, 2.75) is 53.1 Å². The summed E-state index contributed by atoms with van der Waals surface area (Å²) < 4.78 is 16.3. The number of esters is 2. The van der Waals surface area contributed by atoms with Crippen molar-refractivity contribution in [1.29, 1.82) is 0 Å². The third kappa shape index (κ3) is 4.29. The van der Waals surface area contributed by atoms with Crippen LogP contribution in [0.25, 0.3) is 0 Å². The van der Waals surface area contributed by atoms with Crippen LogP contribution in [0, 0.1) is 11.8 Å². The van der Waals surface area contributed by atoms with Gasteiger partial charge in [0.05, 0.1) is 31.3 Å². The molecule has 0 radical (unpaired) electrons. The van der Waals surface area contributed by atoms with Gasteiger partial charge in [-0.1, -0.05) is 25.1 Å². The number of nitrogens with one attached hydrogen (secondary N) is 1. The molecule has 0 saturated heterocycles. The second-order valence-corrected chi connectivity index (χ2v) is 8.46. The Balaban J connectivity index is 2.23. The van der Waals surface area contributed by atoms with Gasteiger partial charge in [-0.3, -0.25) is 9.59 Å². The largest absolute Gasteiger partial charge is 0.494 e. The summed E-state index contributed by atoms with van der Waals surface area (Å²) in [6, 6.07) is 7.35. The molecule has 32 heavy (non-hydrogen) atoms. The van der Waals surface area contributed by atoms with Crippen LogP contribution < -0.4 is 10.1 Å². The lowest BCUT2D eigenvalue weighted by molar-refractivity contribution is -0.151. The molecule has 3 rings (SSSR count). The average molecular weight is 442 g/mol. The molecule has 0 unspecified atom stereocenters. The summed E-state index contributed by atoms with van der Waals surface area (Å²) in [6.07, 6.45) is 0.156. The number of dihydropyridines is 1. The molecule has 1 aliphatic carbocycles. The Kier molecular flexibility index (Phi) is 7.06. The van der Waals surface area contributed by atoms with E-state index in [-0.39, 0.29) is 17.8 Å². The van der Waals surface area contributed by atoms with Crippen molar-refractivity contribution in [1.82, 2.24) is 5.32 Å². The second-order valence-electron chi connectivity index (χ2n) is 8.46. The molecule has 7 heteroatoms. The van der Waals surface area contributed by atoms with E-state index in [2.05, 4.69) is 5.32 Å². The lowest BCUT2D eigenvalue weighted by Gasteiger charge is -2.38. The molecule has 1 aromatic carbocycles. The zero-order valence-electron chi connectivity index (χ0n) is 19.5. The number of carbonyl (C=O) groups is 3. The minimum atomic E-state index is -0.928. The lowest BCUT2D eigenvalue weighted by Crippen LogP contribution is -2.43. The van der Waals surface area contributed by atoms with Gasteiger partial charge in [-0.05, 0) is 46.1 Å². The summed E-state index contributed by atoms with van der Waals surface area (Å²) >= 11 is 0. The van der Waals surface area contributed by atoms with Crippen molar-refractivity contribution in [3.63, 3.8) is 0 Å². The quantitative estimate of drug-likeness (QED) is 0.532. The molecule has 0 fully saturated rings. The van der Waals surface area contributed by atoms with Gasteiger partial charge in [-0.2, -0.15) is 0 Å². The number of methoxy groups -OCH3 is 1. The van der Waals surface area contributed by atoms with E-state index in [1.165, 1.54) is 7.11 Å². The van der Waals surface area contributed by atoms with Crippen molar-refractivity contribution >= 4 is 17.7 Å². The number of ether oxygens (including phenoxy) is 3. The van der Waals surface area contributed by atoms with Gasteiger partial charge in [0.1, 0.15) is 11.7 Å². The molecule has 172 valence electrons. The number of benzene rings is 1. The molecule has 0 amide bonds. The van der Waals surface area contributed by atoms with Crippen LogP contribution in [-0.4, -0.2) is 37.5 Å². The summed E-state index contributed by atoms with van der Waals surface area (Å²) in [5, 5.41) is 3.26. The van der Waals surface area contributed by atoms with Gasteiger partial charge >= 0.3 is 11.9 Å². The Morgan fingerprint density at radius 2 is 1.91 bits per heavy atom. The van der Waals surface area contributed by atoms with Gasteiger partial charge in [-0.25, -0.2) is 4.79 Å². The zero-order chi connectivity index (χ0) is 23.6. The Morgan fingerprint density at radius 3 is 2.53 bits per heavy atom. The Morgan fingerprint density at radius 1 is 1.22 bits per heavy atom. The highest BCUT2D eigenvalue weighted by Crippen LogP contribution is 2.47. The predicted molar refractivity (Wildman–Crippen MR) is 119 cm³/mol. The Hall–Kier alpha value is -3.09. The smallest absolute Gasteiger partial charge is 0.337 e. The third-order valence-electron chi connectivity index (χ3n) is 5.84. The van der Waals surface area contributed by atoms with E-state index in [1.807, 2.05) is 38.1 Å². The highest BCUT2D eigenvalue weighted by atomic mass is 16.5. The van der Waals surface area contributed by atoms with Gasteiger partial charge in [0.15, 0.2) is 5.78 Å². The van der Waals surface area contributed by atoms with E-state index in [4.69, 9.17) is 14.2 Å². The number of Topliss-reactive ketones (excluding diaryl/α,β-unsaturated/α-hetero) is 1. The van der Waals surface area contributed by atoms with Crippen molar-refractivity contribution < 1.29 is 28.6 Å². The van der Waals surface area contributed by atoms with Crippen LogP contribution in [0.4, 0.5) is 0 Å². The number of rotatable bonds is 6. The van der Waals surface area contributed by atoms with Crippen LogP contribution in [-0.2, 0) is 23.9 Å². The fourth-order valence-corrected chi connectivity index (χ4v) is 4.55. The molecule has 3 atom stereocenters. The van der Waals surface area contributed by atoms with Crippen LogP contribution >= 0.6 is 0 Å². The van der Waals surface area contributed by atoms with Crippen molar-refractivity contribution in [2.24, 2.45) is 11.8 Å². The van der Waals surface area contributed by atoms with Gasteiger partial charge in [0, 0.05) is 22.5 Å². The van der Waals surface area contributed by atoms with E-state index < -0.39 is 23.8 Å². The first-order chi connectivity index (χ1) is 15.2. The minimum Gasteiger partial charge on any atom is -0.494 e. The van der Waals surface area contributed by atoms with Gasteiger partial charge in [-0.15, -0.1) is 0 Å². The first kappa shape index (κ1) is 23.6. The zero-order valence-corrected chi connectivity index (χ0v) is 19.5. The number of ketones is 1. The molecule has 1 N–H and O–H groups in total. The molecular formula is C25H31NO6. The highest BCUT2D eigenvalue weighted by molar-refractivity contribution is 6.12. The van der Waals surface area contributed by atoms with E-state index in [0.717, 1.165) is 5.70 Å². The number of carbonyl (C=O) groups excluding carboxylic acids is 3. The van der Waals surface area contributed by atoms with Gasteiger partial charge in [0.25, 0.3) is 0 Å². The van der Waals surface area contributed by atoms with Crippen LogP contribution in [0.2, 0.25) is 0 Å². The maximum Gasteiger partial charge on any atom is 0.337 e. The SMILES string of the molecule is CCOc1ccccc1[C@@H]1C(C(=O)OC(C)C)=C(C)NC2=C1C(=O)[C@@H](C(=O)OC)[C@H](C)C2. The molecule has 0 spiro atoms. The van der Waals surface area contributed by atoms with E-state index >= 15 is 0 Å². The fourth-order valence-electron chi connectivity index (χ4n) is 4.55. The lowest BCUT2D eigenvalue weighted by atomic mass is 9.69. The highest BCUT2D eigenvalue weighted by Gasteiger charge is 2.47. The van der Waals surface area contributed by atoms with Crippen molar-refractivity contribution in [3.8, 4) is 5.75 Å². The molecule has 0 bridgehead atoms. The van der Waals surface area contributed by atoms with Gasteiger partial charge in [0.2, 0.25) is 0 Å². The number of para-hydroxylation sites is 1. The first-order valence-corrected chi connectivity index (χ1v) is 11.0. The molecule has 1 heterocycles. The Labute approximate surface area is 188 Å². The summed E-state index contributed by atoms with van der Waals surface area (Å²) in [6.45, 7) is 9.52. The van der Waals surface area contributed by atoms with E-state index in [9.17, 15) is 14.4 Å². The molecule has 1 aromatic rings. The van der Waals surface area contributed by atoms with E-state index in [1.54, 1.807) is 20.8 Å². The standard InChI is InChI=1S/C25H31NO6/c1-7-31-18-11-9-8-10-16(18)21-20(25(29)32-13(2)3)15(5)26-17-12-14(4)19(24(28)30-6)23(27)22(17)21/h8-11,13-14,19,21,26H,7,12H2,1-6H3/t14-,19+,21-/m1/s1. The maximum absolute atomic E-state index is 13.7. The molecule has 2 aliphatic rings. The minimum absolute atomic E-state index is 0.235. The monoisotopic (exact) mass is 441 g/mol. The predicted octanol–water partition coefficient (Wildman–Crippen LogP) is 3.65. The van der Waals surface area contributed by atoms with Crippen molar-refractivity contribution in [2.75, 3.05) is 13.7 Å². The summed E-state index contributed by atoms with van der Waals surface area (Å²) in [5.41, 5.74) is 2.77. The Bertz CT molecular complexity index is 990. The maximum atomic E-state index is 13.7. The average Bonchev–Trinajstić information content (AvgIpc) is 2.72. The molecule has 1 aliphatic heterocycles. The topological polar surface area (TPSA) is 90.9 Å². The van der Waals surface area contributed by atoms with Gasteiger partial charge < -0.3 is 19.5 Å². The molecular weight excluding hydrogens is 410 g/mol.